The molecule has 2 saturated heterocycles. The lowest BCUT2D eigenvalue weighted by atomic mass is 10.1. The zero-order valence-electron chi connectivity index (χ0n) is 42.8. The van der Waals surface area contributed by atoms with Crippen LogP contribution < -0.4 is 60.7 Å². The Morgan fingerprint density at radius 2 is 1.12 bits per heavy atom. The Morgan fingerprint density at radius 3 is 1.55 bits per heavy atom. The molecule has 0 aliphatic carbocycles. The Hall–Kier alpha value is -8.63. The van der Waals surface area contributed by atoms with Crippen LogP contribution in [0.2, 0.25) is 5.28 Å². The molecule has 7 N–H and O–H groups in total. The zero-order chi connectivity index (χ0) is 53.3. The molecule has 2 amide bonds. The van der Waals surface area contributed by atoms with E-state index in [0.29, 0.717) is 76.7 Å². The average Bonchev–Trinajstić information content (AvgIpc) is 4.27. The summed E-state index contributed by atoms with van der Waals surface area (Å²) in [4.78, 5) is 51.4. The van der Waals surface area contributed by atoms with Crippen molar-refractivity contribution in [2.24, 2.45) is 11.5 Å². The second kappa shape index (κ2) is 23.5. The minimum absolute atomic E-state index is 0.0463. The number of amides is 2. The summed E-state index contributed by atoms with van der Waals surface area (Å²) in [5.41, 5.74) is 15.9. The number of carbonyl (C=O) groups excluding carboxylic acids is 2. The summed E-state index contributed by atoms with van der Waals surface area (Å²) in [6.07, 6.45) is 10.6. The van der Waals surface area contributed by atoms with Gasteiger partial charge in [0.1, 0.15) is 42.0 Å². The number of carbonyl (C=O) groups is 2. The topological polar surface area (TPSA) is 268 Å². The lowest BCUT2D eigenvalue weighted by Gasteiger charge is -2.23. The standard InChI is InChI=1S/C26H29N7O4.C21H20ClN5O3.C5H10N2O/c1-15-7-8-17-18(10-15)29-26(33-9-5-6-19(33)24(27)34)31-25(17)30-22-13-32(14-28-22)16-11-20(35-2)23(37-4)21(12-16)36-3;1-12-5-6-14-15(7-12)24-21(22)26-20(14)25-18-10-27(11-23-18)13-8-16(28-2)19(30-4)17(9-13)29-3;6-5(8)4-2-1-3-7-4/h7-8,10-14,19H,5-6,9H2,1-4H3,(H2,27,34)(H,29,30,31);5-11H,1-4H3,(H,24,25,26);4,7H,1-3H2,(H2,6,8)/t19-;;4-/m0.0/s1. The van der Waals surface area contributed by atoms with E-state index in [1.165, 1.54) is 0 Å². The summed E-state index contributed by atoms with van der Waals surface area (Å²) in [6.45, 7) is 5.62. The van der Waals surface area contributed by atoms with Gasteiger partial charge in [-0.1, -0.05) is 12.1 Å². The minimum Gasteiger partial charge on any atom is -0.493 e. The number of aryl methyl sites for hydroxylation is 2. The molecule has 4 aromatic heterocycles. The third-order valence-electron chi connectivity index (χ3n) is 12.5. The number of halogens is 1. The van der Waals surface area contributed by atoms with Gasteiger partial charge in [-0.25, -0.2) is 19.9 Å². The minimum atomic E-state index is -0.422. The first kappa shape index (κ1) is 52.7. The van der Waals surface area contributed by atoms with Gasteiger partial charge >= 0.3 is 0 Å². The fourth-order valence-corrected chi connectivity index (χ4v) is 8.89. The maximum atomic E-state index is 12.0. The van der Waals surface area contributed by atoms with Crippen LogP contribution in [0.5, 0.6) is 34.5 Å². The van der Waals surface area contributed by atoms with Crippen molar-refractivity contribution in [3.8, 4) is 45.9 Å². The van der Waals surface area contributed by atoms with Crippen molar-refractivity contribution in [2.45, 2.75) is 51.6 Å². The van der Waals surface area contributed by atoms with Crippen LogP contribution in [-0.4, -0.2) is 119 Å². The van der Waals surface area contributed by atoms with Crippen LogP contribution in [0.4, 0.5) is 29.2 Å². The lowest BCUT2D eigenvalue weighted by Crippen LogP contribution is -2.41. The first-order valence-electron chi connectivity index (χ1n) is 23.8. The summed E-state index contributed by atoms with van der Waals surface area (Å²) < 4.78 is 36.3. The Labute approximate surface area is 437 Å². The van der Waals surface area contributed by atoms with Crippen LogP contribution in [0.3, 0.4) is 0 Å². The predicted octanol–water partition coefficient (Wildman–Crippen LogP) is 7.12. The molecule has 0 saturated carbocycles. The Balaban J connectivity index is 0.000000176. The Bertz CT molecular complexity index is 3290. The number of rotatable bonds is 15. The first-order valence-corrected chi connectivity index (χ1v) is 24.2. The number of nitrogens with one attached hydrogen (secondary N) is 3. The van der Waals surface area contributed by atoms with Crippen molar-refractivity contribution in [3.63, 3.8) is 0 Å². The second-order valence-electron chi connectivity index (χ2n) is 17.4. The van der Waals surface area contributed by atoms with Crippen LogP contribution >= 0.6 is 11.6 Å². The van der Waals surface area contributed by atoms with Gasteiger partial charge in [-0.2, -0.15) is 9.97 Å². The van der Waals surface area contributed by atoms with Gasteiger partial charge in [-0.15, -0.1) is 0 Å². The summed E-state index contributed by atoms with van der Waals surface area (Å²) >= 11 is 6.11. The normalized spacial score (nSPS) is 14.8. The van der Waals surface area contributed by atoms with Crippen molar-refractivity contribution >= 4 is 74.4 Å². The number of aromatic nitrogens is 8. The Morgan fingerprint density at radius 1 is 0.627 bits per heavy atom. The summed E-state index contributed by atoms with van der Waals surface area (Å²) in [7, 11) is 9.43. The number of methoxy groups -OCH3 is 6. The molecule has 0 radical (unpaired) electrons. The van der Waals surface area contributed by atoms with Gasteiger partial charge in [0.2, 0.25) is 34.5 Å². The lowest BCUT2D eigenvalue weighted by molar-refractivity contribution is -0.120. The molecular weight excluding hydrogens is 984 g/mol. The molecule has 2 atom stereocenters. The first-order chi connectivity index (χ1) is 36.2. The fraction of sp³-hybridized carbons (Fsp3) is 0.308. The van der Waals surface area contributed by atoms with Crippen molar-refractivity contribution in [2.75, 3.05) is 71.3 Å². The molecule has 8 aromatic rings. The van der Waals surface area contributed by atoms with E-state index in [2.05, 4.69) is 35.9 Å². The number of nitrogens with zero attached hydrogens (tertiary/aromatic N) is 9. The number of fused-ring (bicyclic) bond motifs is 2. The third-order valence-corrected chi connectivity index (χ3v) is 12.6. The van der Waals surface area contributed by atoms with E-state index in [1.807, 2.05) is 101 Å². The molecule has 2 aliphatic rings. The molecule has 10 rings (SSSR count). The highest BCUT2D eigenvalue weighted by Gasteiger charge is 2.32. The van der Waals surface area contributed by atoms with Crippen LogP contribution in [-0.2, 0) is 9.59 Å². The summed E-state index contributed by atoms with van der Waals surface area (Å²) in [6, 6.07) is 18.8. The molecule has 4 aromatic carbocycles. The number of nitrogens with two attached hydrogens (primary N) is 2. The van der Waals surface area contributed by atoms with Crippen LogP contribution in [0.1, 0.15) is 36.8 Å². The van der Waals surface area contributed by atoms with Crippen LogP contribution in [0, 0.1) is 13.8 Å². The van der Waals surface area contributed by atoms with E-state index in [9.17, 15) is 9.59 Å². The molecule has 75 heavy (non-hydrogen) atoms. The van der Waals surface area contributed by atoms with Gasteiger partial charge in [0.05, 0.1) is 83.5 Å². The van der Waals surface area contributed by atoms with Crippen molar-refractivity contribution in [1.29, 1.82) is 0 Å². The largest absolute Gasteiger partial charge is 0.493 e. The number of imidazole rings is 2. The van der Waals surface area contributed by atoms with Gasteiger partial charge in [0, 0.05) is 41.6 Å². The number of benzene rings is 4. The molecule has 22 nitrogen and oxygen atoms in total. The third kappa shape index (κ3) is 11.9. The fourth-order valence-electron chi connectivity index (χ4n) is 8.72. The number of ether oxygens (including phenoxy) is 6. The smallest absolute Gasteiger partial charge is 0.240 e. The van der Waals surface area contributed by atoms with Crippen molar-refractivity contribution in [1.82, 2.24) is 44.4 Å². The maximum Gasteiger partial charge on any atom is 0.240 e. The molecule has 6 heterocycles. The summed E-state index contributed by atoms with van der Waals surface area (Å²) in [5.74, 6) is 5.45. The van der Waals surface area contributed by atoms with E-state index < -0.39 is 6.04 Å². The highest BCUT2D eigenvalue weighted by Crippen LogP contribution is 2.41. The van der Waals surface area contributed by atoms with Crippen LogP contribution in [0.15, 0.2) is 85.7 Å². The van der Waals surface area contributed by atoms with Gasteiger partial charge in [-0.05, 0) is 93.1 Å². The number of primary amides is 2. The second-order valence-corrected chi connectivity index (χ2v) is 17.7. The van der Waals surface area contributed by atoms with Crippen molar-refractivity contribution < 1.29 is 38.0 Å². The molecular formula is C52H59ClN14O8. The van der Waals surface area contributed by atoms with Crippen molar-refractivity contribution in [3.05, 3.63) is 102 Å². The molecule has 23 heteroatoms. The highest BCUT2D eigenvalue weighted by molar-refractivity contribution is 6.28. The van der Waals surface area contributed by atoms with E-state index >= 15 is 0 Å². The number of anilines is 5. The van der Waals surface area contributed by atoms with E-state index in [-0.39, 0.29) is 23.1 Å². The molecule has 2 aliphatic heterocycles. The maximum absolute atomic E-state index is 12.0. The Kier molecular flexibility index (Phi) is 16.5. The van der Waals surface area contributed by atoms with Gasteiger partial charge in [-0.3, -0.25) is 9.59 Å². The number of hydrogen-bond donors (Lipinski definition) is 5. The zero-order valence-corrected chi connectivity index (χ0v) is 43.6. The molecule has 0 spiro atoms. The highest BCUT2D eigenvalue weighted by atomic mass is 35.5. The SMILES string of the molecule is COc1cc(-n2cnc(Nc3nc(Cl)nc4cc(C)ccc34)c2)cc(OC)c1OC.COc1cc(-n2cnc(Nc3nc(N4CCC[C@H]4C(N)=O)nc4cc(C)ccc34)c2)cc(OC)c1OC.NC(=O)[C@@H]1CCCN1. The van der Waals surface area contributed by atoms with E-state index in [0.717, 1.165) is 70.1 Å². The van der Waals surface area contributed by atoms with E-state index in [1.54, 1.807) is 55.3 Å². The van der Waals surface area contributed by atoms with Gasteiger partial charge in [0.15, 0.2) is 23.0 Å². The van der Waals surface area contributed by atoms with Gasteiger partial charge < -0.3 is 69.9 Å². The van der Waals surface area contributed by atoms with Crippen LogP contribution in [0.25, 0.3) is 33.2 Å². The van der Waals surface area contributed by atoms with Gasteiger partial charge in [0.25, 0.3) is 0 Å². The predicted molar refractivity (Wildman–Crippen MR) is 286 cm³/mol. The molecule has 0 bridgehead atoms. The number of hydrogen-bond acceptors (Lipinski definition) is 18. The molecule has 0 unspecified atom stereocenters. The van der Waals surface area contributed by atoms with E-state index in [4.69, 9.17) is 61.5 Å². The molecule has 392 valence electrons. The quantitative estimate of drug-likeness (QED) is 0.0640. The summed E-state index contributed by atoms with van der Waals surface area (Å²) in [5, 5.41) is 11.4. The monoisotopic (exact) mass is 1040 g/mol. The molecule has 2 fully saturated rings. The average molecular weight is 1040 g/mol.